The number of morpholine rings is 1. The molecule has 1 aromatic carbocycles. The fourth-order valence-corrected chi connectivity index (χ4v) is 2.71. The molecule has 0 aromatic heterocycles. The first kappa shape index (κ1) is 14.0. The van der Waals surface area contributed by atoms with E-state index in [1.807, 2.05) is 0 Å². The van der Waals surface area contributed by atoms with Crippen LogP contribution >= 0.6 is 15.9 Å². The molecule has 18 heavy (non-hydrogen) atoms. The SMILES string of the molecule is Cc1ccc(CNCCN2CCOCC2)c(Br)c1. The van der Waals surface area contributed by atoms with Gasteiger partial charge in [-0.15, -0.1) is 0 Å². The minimum Gasteiger partial charge on any atom is -0.379 e. The molecule has 1 heterocycles. The average molecular weight is 313 g/mol. The smallest absolute Gasteiger partial charge is 0.0594 e. The molecular formula is C14H21BrN2O. The van der Waals surface area contributed by atoms with Crippen molar-refractivity contribution in [3.05, 3.63) is 33.8 Å². The van der Waals surface area contributed by atoms with Crippen molar-refractivity contribution in [3.63, 3.8) is 0 Å². The van der Waals surface area contributed by atoms with Gasteiger partial charge >= 0.3 is 0 Å². The summed E-state index contributed by atoms with van der Waals surface area (Å²) >= 11 is 3.61. The zero-order valence-electron chi connectivity index (χ0n) is 10.9. The number of ether oxygens (including phenoxy) is 1. The standard InChI is InChI=1S/C14H21BrN2O/c1-12-2-3-13(14(15)10-12)11-16-4-5-17-6-8-18-9-7-17/h2-3,10,16H,4-9,11H2,1H3. The molecule has 0 unspecified atom stereocenters. The zero-order valence-corrected chi connectivity index (χ0v) is 12.5. The molecular weight excluding hydrogens is 292 g/mol. The highest BCUT2D eigenvalue weighted by atomic mass is 79.9. The highest BCUT2D eigenvalue weighted by Crippen LogP contribution is 2.17. The highest BCUT2D eigenvalue weighted by Gasteiger charge is 2.09. The number of aryl methyl sites for hydroxylation is 1. The Morgan fingerprint density at radius 2 is 2.11 bits per heavy atom. The Labute approximate surface area is 118 Å². The van der Waals surface area contributed by atoms with Crippen LogP contribution in [0.2, 0.25) is 0 Å². The lowest BCUT2D eigenvalue weighted by Crippen LogP contribution is -2.40. The Kier molecular flexibility index (Phi) is 5.63. The Hall–Kier alpha value is -0.420. The van der Waals surface area contributed by atoms with E-state index in [9.17, 15) is 0 Å². The lowest BCUT2D eigenvalue weighted by atomic mass is 10.1. The maximum Gasteiger partial charge on any atom is 0.0594 e. The first-order chi connectivity index (χ1) is 8.75. The van der Waals surface area contributed by atoms with Gasteiger partial charge in [0.05, 0.1) is 13.2 Å². The van der Waals surface area contributed by atoms with Crippen LogP contribution in [-0.2, 0) is 11.3 Å². The van der Waals surface area contributed by atoms with Gasteiger partial charge < -0.3 is 10.1 Å². The molecule has 1 saturated heterocycles. The Balaban J connectivity index is 1.68. The van der Waals surface area contributed by atoms with Gasteiger partial charge in [0.1, 0.15) is 0 Å². The van der Waals surface area contributed by atoms with Gasteiger partial charge in [-0.05, 0) is 24.1 Å². The van der Waals surface area contributed by atoms with Crippen molar-refractivity contribution in [2.24, 2.45) is 0 Å². The maximum absolute atomic E-state index is 5.33. The molecule has 1 aliphatic heterocycles. The molecule has 0 bridgehead atoms. The summed E-state index contributed by atoms with van der Waals surface area (Å²) in [5, 5.41) is 3.50. The van der Waals surface area contributed by atoms with E-state index in [0.717, 1.165) is 45.9 Å². The summed E-state index contributed by atoms with van der Waals surface area (Å²) in [4.78, 5) is 2.45. The molecule has 0 spiro atoms. The molecule has 1 aliphatic rings. The number of hydrogen-bond acceptors (Lipinski definition) is 3. The summed E-state index contributed by atoms with van der Waals surface area (Å²) in [6.07, 6.45) is 0. The van der Waals surface area contributed by atoms with Crippen molar-refractivity contribution in [3.8, 4) is 0 Å². The summed E-state index contributed by atoms with van der Waals surface area (Å²) < 4.78 is 6.53. The number of nitrogens with zero attached hydrogens (tertiary/aromatic N) is 1. The molecule has 1 aromatic rings. The normalized spacial score (nSPS) is 17.0. The average Bonchev–Trinajstić information content (AvgIpc) is 2.38. The van der Waals surface area contributed by atoms with Crippen molar-refractivity contribution in [1.82, 2.24) is 10.2 Å². The molecule has 3 nitrogen and oxygen atoms in total. The molecule has 100 valence electrons. The van der Waals surface area contributed by atoms with E-state index < -0.39 is 0 Å². The minimum atomic E-state index is 0.878. The second kappa shape index (κ2) is 7.24. The van der Waals surface area contributed by atoms with Gasteiger partial charge in [0.15, 0.2) is 0 Å². The third-order valence-corrected chi connectivity index (χ3v) is 3.97. The highest BCUT2D eigenvalue weighted by molar-refractivity contribution is 9.10. The molecule has 0 aliphatic carbocycles. The molecule has 0 radical (unpaired) electrons. The van der Waals surface area contributed by atoms with Crippen LogP contribution in [0.3, 0.4) is 0 Å². The molecule has 1 N–H and O–H groups in total. The number of halogens is 1. The number of benzene rings is 1. The predicted molar refractivity (Wildman–Crippen MR) is 77.8 cm³/mol. The second-order valence-corrected chi connectivity index (χ2v) is 5.58. The number of hydrogen-bond donors (Lipinski definition) is 1. The number of nitrogens with one attached hydrogen (secondary N) is 1. The Morgan fingerprint density at radius 3 is 2.83 bits per heavy atom. The van der Waals surface area contributed by atoms with Crippen molar-refractivity contribution < 1.29 is 4.74 Å². The summed E-state index contributed by atoms with van der Waals surface area (Å²) in [6, 6.07) is 6.50. The summed E-state index contributed by atoms with van der Waals surface area (Å²) in [5.74, 6) is 0. The van der Waals surface area contributed by atoms with Gasteiger partial charge in [-0.1, -0.05) is 28.1 Å². The van der Waals surface area contributed by atoms with E-state index >= 15 is 0 Å². The predicted octanol–water partition coefficient (Wildman–Crippen LogP) is 2.18. The van der Waals surface area contributed by atoms with Gasteiger partial charge in [0.2, 0.25) is 0 Å². The topological polar surface area (TPSA) is 24.5 Å². The van der Waals surface area contributed by atoms with Crippen molar-refractivity contribution in [2.75, 3.05) is 39.4 Å². The van der Waals surface area contributed by atoms with Crippen molar-refractivity contribution in [2.45, 2.75) is 13.5 Å². The molecule has 0 saturated carbocycles. The fraction of sp³-hybridized carbons (Fsp3) is 0.571. The summed E-state index contributed by atoms with van der Waals surface area (Å²) in [5.41, 5.74) is 2.61. The van der Waals surface area contributed by atoms with Gasteiger partial charge in [0.25, 0.3) is 0 Å². The van der Waals surface area contributed by atoms with Crippen LogP contribution in [0.1, 0.15) is 11.1 Å². The summed E-state index contributed by atoms with van der Waals surface area (Å²) in [6.45, 7) is 9.05. The van der Waals surface area contributed by atoms with E-state index in [1.165, 1.54) is 15.6 Å². The fourth-order valence-electron chi connectivity index (χ4n) is 2.08. The van der Waals surface area contributed by atoms with Crippen molar-refractivity contribution >= 4 is 15.9 Å². The zero-order chi connectivity index (χ0) is 12.8. The first-order valence-corrected chi connectivity index (χ1v) is 7.31. The van der Waals surface area contributed by atoms with Crippen molar-refractivity contribution in [1.29, 1.82) is 0 Å². The Morgan fingerprint density at radius 1 is 1.33 bits per heavy atom. The van der Waals surface area contributed by atoms with Crippen LogP contribution in [0, 0.1) is 6.92 Å². The lowest BCUT2D eigenvalue weighted by Gasteiger charge is -2.26. The van der Waals surface area contributed by atoms with E-state index in [0.29, 0.717) is 0 Å². The molecule has 2 rings (SSSR count). The minimum absolute atomic E-state index is 0.878. The van der Waals surface area contributed by atoms with E-state index in [1.54, 1.807) is 0 Å². The van der Waals surface area contributed by atoms with Gasteiger partial charge in [-0.3, -0.25) is 4.90 Å². The maximum atomic E-state index is 5.33. The second-order valence-electron chi connectivity index (χ2n) is 4.73. The van der Waals surface area contributed by atoms with Crippen LogP contribution in [0.25, 0.3) is 0 Å². The molecule has 1 fully saturated rings. The van der Waals surface area contributed by atoms with Gasteiger partial charge in [-0.2, -0.15) is 0 Å². The largest absolute Gasteiger partial charge is 0.379 e. The van der Waals surface area contributed by atoms with Crippen LogP contribution in [0.5, 0.6) is 0 Å². The van der Waals surface area contributed by atoms with E-state index in [4.69, 9.17) is 4.74 Å². The quantitative estimate of drug-likeness (QED) is 0.843. The van der Waals surface area contributed by atoms with Gasteiger partial charge in [0, 0.05) is 37.2 Å². The van der Waals surface area contributed by atoms with Gasteiger partial charge in [-0.25, -0.2) is 0 Å². The monoisotopic (exact) mass is 312 g/mol. The first-order valence-electron chi connectivity index (χ1n) is 6.51. The molecule has 0 atom stereocenters. The molecule has 0 amide bonds. The third kappa shape index (κ3) is 4.35. The lowest BCUT2D eigenvalue weighted by molar-refractivity contribution is 0.0384. The van der Waals surface area contributed by atoms with Crippen LogP contribution in [0.15, 0.2) is 22.7 Å². The molecule has 4 heteroatoms. The number of rotatable bonds is 5. The van der Waals surface area contributed by atoms with Crippen LogP contribution < -0.4 is 5.32 Å². The van der Waals surface area contributed by atoms with Crippen LogP contribution in [0.4, 0.5) is 0 Å². The Bertz CT molecular complexity index is 378. The van der Waals surface area contributed by atoms with E-state index in [-0.39, 0.29) is 0 Å². The third-order valence-electron chi connectivity index (χ3n) is 3.23. The van der Waals surface area contributed by atoms with Crippen LogP contribution in [-0.4, -0.2) is 44.3 Å². The summed E-state index contributed by atoms with van der Waals surface area (Å²) in [7, 11) is 0. The van der Waals surface area contributed by atoms with E-state index in [2.05, 4.69) is 51.3 Å².